The van der Waals surface area contributed by atoms with E-state index in [0.717, 1.165) is 0 Å². The minimum atomic E-state index is -0.194. The van der Waals surface area contributed by atoms with Crippen molar-refractivity contribution in [2.75, 3.05) is 0 Å². The number of hydrogen-bond acceptors (Lipinski definition) is 0. The molecular formula is C18H23BP. The van der Waals surface area contributed by atoms with Crippen molar-refractivity contribution in [2.24, 2.45) is 0 Å². The summed E-state index contributed by atoms with van der Waals surface area (Å²) in [6.45, 7) is 9.34. The van der Waals surface area contributed by atoms with Crippen LogP contribution in [-0.2, 0) is 6.16 Å². The van der Waals surface area contributed by atoms with Crippen LogP contribution in [0.3, 0.4) is 0 Å². The molecule has 0 aliphatic heterocycles. The van der Waals surface area contributed by atoms with Crippen LogP contribution < -0.4 is 5.30 Å². The lowest BCUT2D eigenvalue weighted by Crippen LogP contribution is -2.22. The number of rotatable bonds is 3. The summed E-state index contributed by atoms with van der Waals surface area (Å²) in [5, 5.41) is 1.88. The van der Waals surface area contributed by atoms with Crippen molar-refractivity contribution in [1.29, 1.82) is 0 Å². The van der Waals surface area contributed by atoms with Crippen molar-refractivity contribution in [3.05, 3.63) is 65.7 Å². The van der Waals surface area contributed by atoms with Gasteiger partial charge in [-0.05, 0) is 34.7 Å². The van der Waals surface area contributed by atoms with Crippen LogP contribution in [0.5, 0.6) is 0 Å². The second-order valence-electron chi connectivity index (χ2n) is 6.03. The molecular weight excluding hydrogens is 258 g/mol. The molecule has 2 rings (SSSR count). The maximum absolute atomic E-state index is 2.37. The highest BCUT2D eigenvalue weighted by Crippen LogP contribution is 2.51. The summed E-state index contributed by atoms with van der Waals surface area (Å²) in [6.07, 6.45) is 1.17. The lowest BCUT2D eigenvalue weighted by molar-refractivity contribution is 0.785. The Morgan fingerprint density at radius 3 is 1.95 bits per heavy atom. The van der Waals surface area contributed by atoms with Gasteiger partial charge in [0.15, 0.2) is 0 Å². The summed E-state index contributed by atoms with van der Waals surface area (Å²) in [4.78, 5) is 0. The van der Waals surface area contributed by atoms with Gasteiger partial charge in [0.05, 0.1) is 0 Å². The van der Waals surface area contributed by atoms with Crippen LogP contribution >= 0.6 is 7.92 Å². The molecule has 20 heavy (non-hydrogen) atoms. The Bertz CT molecular complexity index is 529. The topological polar surface area (TPSA) is 0 Å². The predicted octanol–water partition coefficient (Wildman–Crippen LogP) is 4.72. The highest BCUT2D eigenvalue weighted by molar-refractivity contribution is 7.66. The number of aryl methyl sites for hydroxylation is 1. The molecule has 0 fully saturated rings. The molecule has 2 aromatic rings. The van der Waals surface area contributed by atoms with Gasteiger partial charge in [0.1, 0.15) is 0 Å². The maximum atomic E-state index is 2.37. The van der Waals surface area contributed by atoms with Crippen molar-refractivity contribution in [1.82, 2.24) is 0 Å². The molecule has 3 radical (unpaired) electrons. The smallest absolute Gasteiger partial charge is 0 e. The van der Waals surface area contributed by atoms with E-state index in [1.807, 2.05) is 0 Å². The molecule has 0 spiro atoms. The Balaban J connectivity index is 0.00000200. The third-order valence-corrected chi connectivity index (χ3v) is 6.78. The van der Waals surface area contributed by atoms with E-state index in [1.54, 1.807) is 5.30 Å². The summed E-state index contributed by atoms with van der Waals surface area (Å²) in [6, 6.07) is 19.7. The van der Waals surface area contributed by atoms with Crippen molar-refractivity contribution in [3.63, 3.8) is 0 Å². The SMILES string of the molecule is Cc1ccccc1[P@](Cc1ccccc1)C(C)(C)C.[B]. The van der Waals surface area contributed by atoms with E-state index in [2.05, 4.69) is 82.3 Å². The van der Waals surface area contributed by atoms with Crippen molar-refractivity contribution in [2.45, 2.75) is 39.0 Å². The van der Waals surface area contributed by atoms with Gasteiger partial charge in [0.25, 0.3) is 0 Å². The molecule has 0 saturated heterocycles. The van der Waals surface area contributed by atoms with E-state index >= 15 is 0 Å². The lowest BCUT2D eigenvalue weighted by atomic mass is 10.2. The Morgan fingerprint density at radius 2 is 1.40 bits per heavy atom. The lowest BCUT2D eigenvalue weighted by Gasteiger charge is -2.33. The van der Waals surface area contributed by atoms with Crippen LogP contribution in [0.4, 0.5) is 0 Å². The summed E-state index contributed by atoms with van der Waals surface area (Å²) in [5.41, 5.74) is 2.88. The molecule has 0 nitrogen and oxygen atoms in total. The van der Waals surface area contributed by atoms with Crippen molar-refractivity contribution < 1.29 is 0 Å². The average Bonchev–Trinajstić information content (AvgIpc) is 2.37. The fourth-order valence-corrected chi connectivity index (χ4v) is 5.03. The van der Waals surface area contributed by atoms with Crippen molar-refractivity contribution >= 4 is 21.6 Å². The third kappa shape index (κ3) is 4.22. The molecule has 2 heteroatoms. The Kier molecular flexibility index (Phi) is 6.02. The maximum Gasteiger partial charge on any atom is 0 e. The zero-order valence-electron chi connectivity index (χ0n) is 12.9. The quantitative estimate of drug-likeness (QED) is 0.564. The van der Waals surface area contributed by atoms with Gasteiger partial charge >= 0.3 is 0 Å². The first-order valence-corrected chi connectivity index (χ1v) is 8.38. The van der Waals surface area contributed by atoms with Crippen LogP contribution in [0.25, 0.3) is 0 Å². The van der Waals surface area contributed by atoms with Gasteiger partial charge < -0.3 is 0 Å². The Labute approximate surface area is 126 Å². The first kappa shape index (κ1) is 17.0. The van der Waals surface area contributed by atoms with Crippen LogP contribution in [-0.4, -0.2) is 13.6 Å². The second-order valence-corrected chi connectivity index (χ2v) is 9.02. The minimum absolute atomic E-state index is 0. The molecule has 0 heterocycles. The summed E-state index contributed by atoms with van der Waals surface area (Å²) in [5.74, 6) is 0. The molecule has 0 aliphatic carbocycles. The van der Waals surface area contributed by atoms with E-state index in [0.29, 0.717) is 5.16 Å². The first-order valence-electron chi connectivity index (χ1n) is 6.86. The summed E-state index contributed by atoms with van der Waals surface area (Å²) < 4.78 is 0. The van der Waals surface area contributed by atoms with Crippen LogP contribution in [0, 0.1) is 6.92 Å². The zero-order valence-corrected chi connectivity index (χ0v) is 13.8. The van der Waals surface area contributed by atoms with Crippen LogP contribution in [0.2, 0.25) is 0 Å². The van der Waals surface area contributed by atoms with E-state index < -0.39 is 0 Å². The highest BCUT2D eigenvalue weighted by atomic mass is 31.1. The van der Waals surface area contributed by atoms with Gasteiger partial charge in [-0.3, -0.25) is 0 Å². The van der Waals surface area contributed by atoms with Crippen LogP contribution in [0.15, 0.2) is 54.6 Å². The minimum Gasteiger partial charge on any atom is -0.0650 e. The average molecular weight is 281 g/mol. The fourth-order valence-electron chi connectivity index (χ4n) is 2.32. The van der Waals surface area contributed by atoms with E-state index in [9.17, 15) is 0 Å². The third-order valence-electron chi connectivity index (χ3n) is 3.40. The molecule has 0 N–H and O–H groups in total. The zero-order chi connectivity index (χ0) is 13.9. The fraction of sp³-hybridized carbons (Fsp3) is 0.333. The molecule has 0 bridgehead atoms. The molecule has 0 aliphatic rings. The van der Waals surface area contributed by atoms with E-state index in [1.165, 1.54) is 17.3 Å². The normalized spacial score (nSPS) is 12.6. The van der Waals surface area contributed by atoms with Gasteiger partial charge in [-0.1, -0.05) is 83.3 Å². The molecule has 0 saturated carbocycles. The largest absolute Gasteiger partial charge is 0.0650 e. The van der Waals surface area contributed by atoms with Gasteiger partial charge in [-0.2, -0.15) is 0 Å². The standard InChI is InChI=1S/C18H23P.B/c1-15-10-8-9-13-17(15)19(18(2,3)4)14-16-11-6-5-7-12-16;/h5-13H,14H2,1-4H3;/t19-;/m0./s1. The molecule has 1 atom stereocenters. The Morgan fingerprint density at radius 1 is 0.850 bits per heavy atom. The highest BCUT2D eigenvalue weighted by Gasteiger charge is 2.26. The predicted molar refractivity (Wildman–Crippen MR) is 93.4 cm³/mol. The van der Waals surface area contributed by atoms with Gasteiger partial charge in [-0.15, -0.1) is 0 Å². The van der Waals surface area contributed by atoms with E-state index in [4.69, 9.17) is 0 Å². The summed E-state index contributed by atoms with van der Waals surface area (Å²) >= 11 is 0. The molecule has 0 unspecified atom stereocenters. The van der Waals surface area contributed by atoms with Crippen molar-refractivity contribution in [3.8, 4) is 0 Å². The van der Waals surface area contributed by atoms with Gasteiger partial charge in [0, 0.05) is 8.41 Å². The molecule has 2 aromatic carbocycles. The van der Waals surface area contributed by atoms with E-state index in [-0.39, 0.29) is 16.3 Å². The van der Waals surface area contributed by atoms with Crippen LogP contribution in [0.1, 0.15) is 31.9 Å². The molecule has 0 amide bonds. The Hall–Kier alpha value is -1.07. The number of hydrogen-bond donors (Lipinski definition) is 0. The monoisotopic (exact) mass is 281 g/mol. The first-order chi connectivity index (χ1) is 8.98. The second kappa shape index (κ2) is 7.09. The number of benzene rings is 2. The van der Waals surface area contributed by atoms with Gasteiger partial charge in [0.2, 0.25) is 0 Å². The molecule has 103 valence electrons. The summed E-state index contributed by atoms with van der Waals surface area (Å²) in [7, 11) is -0.194. The van der Waals surface area contributed by atoms with Gasteiger partial charge in [-0.25, -0.2) is 0 Å². The molecule has 0 aromatic heterocycles.